The van der Waals surface area contributed by atoms with Crippen LogP contribution in [0.25, 0.3) is 0 Å². The van der Waals surface area contributed by atoms with E-state index in [4.69, 9.17) is 0 Å². The molecule has 0 aliphatic rings. The second-order valence-electron chi connectivity index (χ2n) is 2.70. The van der Waals surface area contributed by atoms with E-state index >= 15 is 0 Å². The highest BCUT2D eigenvalue weighted by Gasteiger charge is 2.08. The molecule has 1 amide bonds. The van der Waals surface area contributed by atoms with Gasteiger partial charge in [-0.1, -0.05) is 6.92 Å². The van der Waals surface area contributed by atoms with E-state index in [0.29, 0.717) is 6.54 Å². The first-order valence-corrected chi connectivity index (χ1v) is 4.57. The average Bonchev–Trinajstić information content (AvgIpc) is 2.70. The van der Waals surface area contributed by atoms with Crippen molar-refractivity contribution in [2.45, 2.75) is 13.3 Å². The van der Waals surface area contributed by atoms with E-state index in [9.17, 15) is 4.79 Å². The molecule has 78 valence electrons. The lowest BCUT2D eigenvalue weighted by molar-refractivity contribution is 0.0943. The monoisotopic (exact) mass is 198 g/mol. The van der Waals surface area contributed by atoms with Crippen LogP contribution < -0.4 is 10.6 Å². The fourth-order valence-corrected chi connectivity index (χ4v) is 0.929. The molecule has 0 fully saturated rings. The van der Waals surface area contributed by atoms with Crippen LogP contribution in [0, 0.1) is 0 Å². The maximum atomic E-state index is 11.2. The van der Waals surface area contributed by atoms with E-state index < -0.39 is 0 Å². The first-order chi connectivity index (χ1) is 6.84. The van der Waals surface area contributed by atoms with Crippen LogP contribution in [0.15, 0.2) is 0 Å². The third kappa shape index (κ3) is 3.48. The average molecular weight is 198 g/mol. The second kappa shape index (κ2) is 6.03. The summed E-state index contributed by atoms with van der Waals surface area (Å²) >= 11 is 0. The highest BCUT2D eigenvalue weighted by Crippen LogP contribution is 1.82. The van der Waals surface area contributed by atoms with Crippen molar-refractivity contribution >= 4 is 5.91 Å². The van der Waals surface area contributed by atoms with Crippen LogP contribution in [-0.4, -0.2) is 46.2 Å². The van der Waals surface area contributed by atoms with Crippen LogP contribution >= 0.6 is 0 Å². The molecule has 1 aromatic rings. The number of rotatable bonds is 6. The van der Waals surface area contributed by atoms with Crippen LogP contribution in [-0.2, 0) is 0 Å². The minimum atomic E-state index is -0.296. The molecular weight excluding hydrogens is 184 g/mol. The molecular formula is C7H14N6O. The fraction of sp³-hybridized carbons (Fsp3) is 0.714. The zero-order valence-corrected chi connectivity index (χ0v) is 8.08. The van der Waals surface area contributed by atoms with E-state index in [1.165, 1.54) is 0 Å². The molecule has 0 bridgehead atoms. The van der Waals surface area contributed by atoms with Gasteiger partial charge in [-0.2, -0.15) is 5.21 Å². The SMILES string of the molecule is CCNCCCNC(=O)c1nn[nH]n1. The number of carbonyl (C=O) groups is 1. The molecule has 0 aliphatic carbocycles. The van der Waals surface area contributed by atoms with Gasteiger partial charge in [0.1, 0.15) is 0 Å². The van der Waals surface area contributed by atoms with E-state index in [1.54, 1.807) is 0 Å². The molecule has 1 aromatic heterocycles. The molecule has 14 heavy (non-hydrogen) atoms. The molecule has 0 saturated carbocycles. The Morgan fingerprint density at radius 1 is 1.50 bits per heavy atom. The smallest absolute Gasteiger partial charge is 0.292 e. The molecule has 1 rings (SSSR count). The summed E-state index contributed by atoms with van der Waals surface area (Å²) in [4.78, 5) is 11.2. The Morgan fingerprint density at radius 2 is 2.36 bits per heavy atom. The first-order valence-electron chi connectivity index (χ1n) is 4.57. The maximum Gasteiger partial charge on any atom is 0.292 e. The summed E-state index contributed by atoms with van der Waals surface area (Å²) in [5, 5.41) is 18.5. The van der Waals surface area contributed by atoms with Gasteiger partial charge in [0.25, 0.3) is 11.7 Å². The lowest BCUT2D eigenvalue weighted by Gasteiger charge is -2.02. The Labute approximate surface area is 81.7 Å². The summed E-state index contributed by atoms with van der Waals surface area (Å²) in [6, 6.07) is 0. The molecule has 0 unspecified atom stereocenters. The first kappa shape index (κ1) is 10.6. The molecule has 7 heteroatoms. The molecule has 0 aromatic carbocycles. The molecule has 3 N–H and O–H groups in total. The molecule has 0 aliphatic heterocycles. The Balaban J connectivity index is 2.10. The number of aromatic nitrogens is 4. The minimum absolute atomic E-state index is 0.0773. The van der Waals surface area contributed by atoms with E-state index in [0.717, 1.165) is 19.5 Å². The van der Waals surface area contributed by atoms with Gasteiger partial charge in [0, 0.05) is 6.54 Å². The standard InChI is InChI=1S/C7H14N6O/c1-2-8-4-3-5-9-7(14)6-10-12-13-11-6/h8H,2-5H2,1H3,(H,9,14)(H,10,11,12,13). The maximum absolute atomic E-state index is 11.2. The van der Waals surface area contributed by atoms with E-state index in [1.807, 2.05) is 6.92 Å². The van der Waals surface area contributed by atoms with Gasteiger partial charge >= 0.3 is 0 Å². The summed E-state index contributed by atoms with van der Waals surface area (Å²) in [6.07, 6.45) is 0.886. The largest absolute Gasteiger partial charge is 0.349 e. The molecule has 0 saturated heterocycles. The lowest BCUT2D eigenvalue weighted by Crippen LogP contribution is -2.28. The summed E-state index contributed by atoms with van der Waals surface area (Å²) in [7, 11) is 0. The quantitative estimate of drug-likeness (QED) is 0.506. The van der Waals surface area contributed by atoms with Crippen LogP contribution in [0.3, 0.4) is 0 Å². The second-order valence-corrected chi connectivity index (χ2v) is 2.70. The Kier molecular flexibility index (Phi) is 4.56. The topological polar surface area (TPSA) is 95.6 Å². The normalized spacial score (nSPS) is 10.1. The number of carbonyl (C=O) groups excluding carboxylic acids is 1. The van der Waals surface area contributed by atoms with Crippen molar-refractivity contribution in [3.63, 3.8) is 0 Å². The number of H-pyrrole nitrogens is 1. The van der Waals surface area contributed by atoms with Crippen LogP contribution in [0.4, 0.5) is 0 Å². The van der Waals surface area contributed by atoms with E-state index in [2.05, 4.69) is 31.3 Å². The molecule has 0 radical (unpaired) electrons. The number of hydrogen-bond donors (Lipinski definition) is 3. The summed E-state index contributed by atoms with van der Waals surface area (Å²) in [5.74, 6) is -0.219. The van der Waals surface area contributed by atoms with Crippen LogP contribution in [0.1, 0.15) is 24.0 Å². The van der Waals surface area contributed by atoms with Crippen molar-refractivity contribution in [3.05, 3.63) is 5.82 Å². The number of amides is 1. The Morgan fingerprint density at radius 3 is 3.00 bits per heavy atom. The third-order valence-corrected chi connectivity index (χ3v) is 1.61. The summed E-state index contributed by atoms with van der Waals surface area (Å²) in [5.41, 5.74) is 0. The highest BCUT2D eigenvalue weighted by molar-refractivity contribution is 5.89. The van der Waals surface area contributed by atoms with Crippen molar-refractivity contribution < 1.29 is 4.79 Å². The predicted molar refractivity (Wildman–Crippen MR) is 49.7 cm³/mol. The van der Waals surface area contributed by atoms with Crippen LogP contribution in [0.5, 0.6) is 0 Å². The molecule has 7 nitrogen and oxygen atoms in total. The zero-order chi connectivity index (χ0) is 10.2. The van der Waals surface area contributed by atoms with Gasteiger partial charge < -0.3 is 10.6 Å². The third-order valence-electron chi connectivity index (χ3n) is 1.61. The van der Waals surface area contributed by atoms with Gasteiger partial charge in [-0.3, -0.25) is 4.79 Å². The minimum Gasteiger partial charge on any atom is -0.349 e. The van der Waals surface area contributed by atoms with E-state index in [-0.39, 0.29) is 11.7 Å². The Hall–Kier alpha value is -1.50. The highest BCUT2D eigenvalue weighted by atomic mass is 16.2. The Bertz CT molecular complexity index is 259. The van der Waals surface area contributed by atoms with Crippen molar-refractivity contribution in [2.75, 3.05) is 19.6 Å². The van der Waals surface area contributed by atoms with Crippen molar-refractivity contribution in [2.24, 2.45) is 0 Å². The molecule has 0 spiro atoms. The number of hydrogen-bond acceptors (Lipinski definition) is 5. The van der Waals surface area contributed by atoms with Crippen molar-refractivity contribution in [1.82, 2.24) is 31.3 Å². The van der Waals surface area contributed by atoms with Crippen LogP contribution in [0.2, 0.25) is 0 Å². The van der Waals surface area contributed by atoms with Gasteiger partial charge in [0.2, 0.25) is 0 Å². The zero-order valence-electron chi connectivity index (χ0n) is 8.08. The number of aromatic amines is 1. The van der Waals surface area contributed by atoms with Gasteiger partial charge in [0.05, 0.1) is 0 Å². The number of nitrogens with zero attached hydrogens (tertiary/aromatic N) is 3. The van der Waals surface area contributed by atoms with Gasteiger partial charge in [0.15, 0.2) is 0 Å². The summed E-state index contributed by atoms with van der Waals surface area (Å²) in [6.45, 7) is 4.49. The molecule has 1 heterocycles. The molecule has 0 atom stereocenters. The van der Waals surface area contributed by atoms with Crippen molar-refractivity contribution in [3.8, 4) is 0 Å². The summed E-state index contributed by atoms with van der Waals surface area (Å²) < 4.78 is 0. The lowest BCUT2D eigenvalue weighted by atomic mass is 10.4. The van der Waals surface area contributed by atoms with Gasteiger partial charge in [-0.25, -0.2) is 0 Å². The number of nitrogens with one attached hydrogen (secondary N) is 3. The van der Waals surface area contributed by atoms with Crippen molar-refractivity contribution in [1.29, 1.82) is 0 Å². The number of tetrazole rings is 1. The van der Waals surface area contributed by atoms with Gasteiger partial charge in [-0.05, 0) is 24.7 Å². The predicted octanol–water partition coefficient (Wildman–Crippen LogP) is -1.07. The fourth-order valence-electron chi connectivity index (χ4n) is 0.929. The van der Waals surface area contributed by atoms with Gasteiger partial charge in [-0.15, -0.1) is 10.2 Å².